The highest BCUT2D eigenvalue weighted by atomic mass is 16.5. The Balaban J connectivity index is 1.53. The molecule has 3 nitrogen and oxygen atoms in total. The van der Waals surface area contributed by atoms with Crippen molar-refractivity contribution in [3.05, 3.63) is 59.2 Å². The van der Waals surface area contributed by atoms with E-state index in [2.05, 4.69) is 17.4 Å². The van der Waals surface area contributed by atoms with E-state index in [-0.39, 0.29) is 5.91 Å². The first kappa shape index (κ1) is 14.6. The van der Waals surface area contributed by atoms with Crippen molar-refractivity contribution in [2.75, 3.05) is 12.4 Å². The first-order chi connectivity index (χ1) is 10.7. The smallest absolute Gasteiger partial charge is 0.224 e. The van der Waals surface area contributed by atoms with E-state index >= 15 is 0 Å². The SMILES string of the molecule is COc1ccc(CCC(=O)Nc2ccc3c(c2)CCC3)cc1. The van der Waals surface area contributed by atoms with Crippen molar-refractivity contribution in [1.29, 1.82) is 0 Å². The van der Waals surface area contributed by atoms with Gasteiger partial charge >= 0.3 is 0 Å². The summed E-state index contributed by atoms with van der Waals surface area (Å²) in [6.45, 7) is 0. The predicted molar refractivity (Wildman–Crippen MR) is 88.4 cm³/mol. The van der Waals surface area contributed by atoms with Crippen LogP contribution >= 0.6 is 0 Å². The molecule has 0 heterocycles. The summed E-state index contributed by atoms with van der Waals surface area (Å²) in [6, 6.07) is 14.1. The van der Waals surface area contributed by atoms with Gasteiger partial charge in [0, 0.05) is 12.1 Å². The van der Waals surface area contributed by atoms with Crippen LogP contribution in [0.4, 0.5) is 5.69 Å². The molecule has 0 bridgehead atoms. The average Bonchev–Trinajstić information content (AvgIpc) is 3.01. The summed E-state index contributed by atoms with van der Waals surface area (Å²) >= 11 is 0. The van der Waals surface area contributed by atoms with Gasteiger partial charge in [-0.15, -0.1) is 0 Å². The number of fused-ring (bicyclic) bond motifs is 1. The van der Waals surface area contributed by atoms with Crippen molar-refractivity contribution in [3.63, 3.8) is 0 Å². The van der Waals surface area contributed by atoms with Crippen LogP contribution in [0.5, 0.6) is 5.75 Å². The van der Waals surface area contributed by atoms with Crippen molar-refractivity contribution in [1.82, 2.24) is 0 Å². The number of nitrogens with one attached hydrogen (secondary N) is 1. The zero-order valence-corrected chi connectivity index (χ0v) is 12.9. The molecule has 0 atom stereocenters. The van der Waals surface area contributed by atoms with Crippen LogP contribution in [0.25, 0.3) is 0 Å². The summed E-state index contributed by atoms with van der Waals surface area (Å²) in [7, 11) is 1.65. The molecule has 114 valence electrons. The van der Waals surface area contributed by atoms with Crippen molar-refractivity contribution in [2.24, 2.45) is 0 Å². The molecular weight excluding hydrogens is 274 g/mol. The third kappa shape index (κ3) is 3.48. The van der Waals surface area contributed by atoms with E-state index in [0.717, 1.165) is 29.8 Å². The summed E-state index contributed by atoms with van der Waals surface area (Å²) < 4.78 is 5.13. The monoisotopic (exact) mass is 295 g/mol. The molecule has 0 spiro atoms. The van der Waals surface area contributed by atoms with Crippen LogP contribution in [0.3, 0.4) is 0 Å². The maximum Gasteiger partial charge on any atom is 0.224 e. The Morgan fingerprint density at radius 1 is 1.09 bits per heavy atom. The number of carbonyl (C=O) groups is 1. The van der Waals surface area contributed by atoms with E-state index in [1.807, 2.05) is 30.3 Å². The molecule has 1 N–H and O–H groups in total. The molecule has 0 saturated heterocycles. The fourth-order valence-corrected chi connectivity index (χ4v) is 2.92. The lowest BCUT2D eigenvalue weighted by atomic mass is 10.1. The molecule has 0 unspecified atom stereocenters. The van der Waals surface area contributed by atoms with E-state index in [4.69, 9.17) is 4.74 Å². The van der Waals surface area contributed by atoms with Crippen molar-refractivity contribution < 1.29 is 9.53 Å². The van der Waals surface area contributed by atoms with Gasteiger partial charge < -0.3 is 10.1 Å². The van der Waals surface area contributed by atoms with Crippen LogP contribution in [0.1, 0.15) is 29.5 Å². The second-order valence-corrected chi connectivity index (χ2v) is 5.73. The van der Waals surface area contributed by atoms with Gasteiger partial charge in [-0.25, -0.2) is 0 Å². The highest BCUT2D eigenvalue weighted by Gasteiger charge is 2.11. The number of anilines is 1. The van der Waals surface area contributed by atoms with Gasteiger partial charge in [-0.2, -0.15) is 0 Å². The Labute approximate surface area is 131 Å². The minimum Gasteiger partial charge on any atom is -0.497 e. The second kappa shape index (κ2) is 6.65. The van der Waals surface area contributed by atoms with Gasteiger partial charge in [0.05, 0.1) is 7.11 Å². The lowest BCUT2D eigenvalue weighted by molar-refractivity contribution is -0.116. The standard InChI is InChI=1S/C19H21NO2/c1-22-18-10-5-14(6-11-18)7-12-19(21)20-17-9-8-15-3-2-4-16(15)13-17/h5-6,8-11,13H,2-4,7,12H2,1H3,(H,20,21). The molecule has 3 heteroatoms. The summed E-state index contributed by atoms with van der Waals surface area (Å²) in [5.74, 6) is 0.903. The molecule has 0 aliphatic heterocycles. The molecule has 1 amide bonds. The summed E-state index contributed by atoms with van der Waals surface area (Å²) in [5.41, 5.74) is 4.87. The van der Waals surface area contributed by atoms with Gasteiger partial charge in [0.15, 0.2) is 0 Å². The number of aryl methyl sites for hydroxylation is 3. The van der Waals surface area contributed by atoms with Crippen molar-refractivity contribution >= 4 is 11.6 Å². The van der Waals surface area contributed by atoms with Gasteiger partial charge in [-0.3, -0.25) is 4.79 Å². The highest BCUT2D eigenvalue weighted by Crippen LogP contribution is 2.25. The molecule has 0 saturated carbocycles. The highest BCUT2D eigenvalue weighted by molar-refractivity contribution is 5.91. The Morgan fingerprint density at radius 3 is 2.64 bits per heavy atom. The molecule has 1 aliphatic carbocycles. The Hall–Kier alpha value is -2.29. The lowest BCUT2D eigenvalue weighted by Gasteiger charge is -2.08. The zero-order chi connectivity index (χ0) is 15.4. The van der Waals surface area contributed by atoms with Gasteiger partial charge in [-0.05, 0) is 66.6 Å². The minimum atomic E-state index is 0.0637. The molecule has 0 fully saturated rings. The molecular formula is C19H21NO2. The van der Waals surface area contributed by atoms with E-state index < -0.39 is 0 Å². The zero-order valence-electron chi connectivity index (χ0n) is 12.9. The lowest BCUT2D eigenvalue weighted by Crippen LogP contribution is -2.12. The molecule has 0 aromatic heterocycles. The van der Waals surface area contributed by atoms with Crippen molar-refractivity contribution in [2.45, 2.75) is 32.1 Å². The first-order valence-electron chi connectivity index (χ1n) is 7.79. The Kier molecular flexibility index (Phi) is 4.42. The normalized spacial score (nSPS) is 12.8. The van der Waals surface area contributed by atoms with Gasteiger partial charge in [0.2, 0.25) is 5.91 Å². The molecule has 2 aromatic carbocycles. The van der Waals surface area contributed by atoms with E-state index in [1.54, 1.807) is 7.11 Å². The second-order valence-electron chi connectivity index (χ2n) is 5.73. The fourth-order valence-electron chi connectivity index (χ4n) is 2.92. The largest absolute Gasteiger partial charge is 0.497 e. The quantitative estimate of drug-likeness (QED) is 0.912. The first-order valence-corrected chi connectivity index (χ1v) is 7.79. The van der Waals surface area contributed by atoms with Gasteiger partial charge in [-0.1, -0.05) is 18.2 Å². The van der Waals surface area contributed by atoms with Gasteiger partial charge in [0.25, 0.3) is 0 Å². The van der Waals surface area contributed by atoms with Crippen molar-refractivity contribution in [3.8, 4) is 5.75 Å². The minimum absolute atomic E-state index is 0.0637. The molecule has 0 radical (unpaired) electrons. The van der Waals surface area contributed by atoms with Crippen LogP contribution in [-0.2, 0) is 24.1 Å². The number of hydrogen-bond donors (Lipinski definition) is 1. The topological polar surface area (TPSA) is 38.3 Å². The maximum absolute atomic E-state index is 12.1. The number of carbonyl (C=O) groups excluding carboxylic acids is 1. The van der Waals surface area contributed by atoms with Crippen LogP contribution < -0.4 is 10.1 Å². The maximum atomic E-state index is 12.1. The molecule has 22 heavy (non-hydrogen) atoms. The third-order valence-electron chi connectivity index (χ3n) is 4.18. The molecule has 1 aliphatic rings. The predicted octanol–water partition coefficient (Wildman–Crippen LogP) is 3.76. The van der Waals surface area contributed by atoms with Crippen LogP contribution in [0.2, 0.25) is 0 Å². The number of amides is 1. The average molecular weight is 295 g/mol. The van der Waals surface area contributed by atoms with E-state index in [1.165, 1.54) is 24.0 Å². The summed E-state index contributed by atoms with van der Waals surface area (Å²) in [4.78, 5) is 12.1. The Bertz CT molecular complexity index is 662. The number of methoxy groups -OCH3 is 1. The molecule has 3 rings (SSSR count). The number of rotatable bonds is 5. The number of ether oxygens (including phenoxy) is 1. The fraction of sp³-hybridized carbons (Fsp3) is 0.316. The van der Waals surface area contributed by atoms with Crippen LogP contribution in [0.15, 0.2) is 42.5 Å². The number of benzene rings is 2. The summed E-state index contributed by atoms with van der Waals surface area (Å²) in [5, 5.41) is 3.00. The third-order valence-corrected chi connectivity index (χ3v) is 4.18. The van der Waals surface area contributed by atoms with Crippen LogP contribution in [-0.4, -0.2) is 13.0 Å². The molecule has 2 aromatic rings. The van der Waals surface area contributed by atoms with Crippen LogP contribution in [0, 0.1) is 0 Å². The summed E-state index contributed by atoms with van der Waals surface area (Å²) in [6.07, 6.45) is 4.75. The van der Waals surface area contributed by atoms with E-state index in [0.29, 0.717) is 6.42 Å². The number of hydrogen-bond acceptors (Lipinski definition) is 2. The van der Waals surface area contributed by atoms with Gasteiger partial charge in [0.1, 0.15) is 5.75 Å². The Morgan fingerprint density at radius 2 is 1.86 bits per heavy atom. The van der Waals surface area contributed by atoms with E-state index in [9.17, 15) is 4.79 Å².